The van der Waals surface area contributed by atoms with Crippen LogP contribution in [0.5, 0.6) is 0 Å². The minimum atomic E-state index is -0.117. The largest absolute Gasteiger partial charge is 0.400 e. The third-order valence-electron chi connectivity index (χ3n) is 5.39. The van der Waals surface area contributed by atoms with Gasteiger partial charge in [-0.25, -0.2) is 4.98 Å². The highest BCUT2D eigenvalue weighted by Crippen LogP contribution is 2.25. The number of aliphatic hydroxyl groups is 1. The second-order valence-electron chi connectivity index (χ2n) is 7.94. The lowest BCUT2D eigenvalue weighted by molar-refractivity contribution is -0.104. The van der Waals surface area contributed by atoms with Crippen LogP contribution in [0, 0.1) is 12.8 Å². The number of carbonyl (C=O) groups excluding carboxylic acids is 1. The first-order valence-corrected chi connectivity index (χ1v) is 12.3. The molecule has 2 aromatic rings. The first-order chi connectivity index (χ1) is 17.2. The molecule has 1 aliphatic carbocycles. The summed E-state index contributed by atoms with van der Waals surface area (Å²) in [6, 6.07) is 3.77. The van der Waals surface area contributed by atoms with E-state index in [9.17, 15) is 9.59 Å². The van der Waals surface area contributed by atoms with Gasteiger partial charge in [0.2, 0.25) is 0 Å². The maximum absolute atomic E-state index is 13.1. The van der Waals surface area contributed by atoms with E-state index in [2.05, 4.69) is 24.1 Å². The molecule has 0 fully saturated rings. The van der Waals surface area contributed by atoms with Crippen molar-refractivity contribution < 1.29 is 9.90 Å². The molecular weight excluding hydrogens is 476 g/mol. The number of allylic oxidation sites excluding steroid dienone is 7. The molecular formula is C28H37ClN4O3. The van der Waals surface area contributed by atoms with Gasteiger partial charge in [0, 0.05) is 30.3 Å². The van der Waals surface area contributed by atoms with E-state index in [1.54, 1.807) is 24.6 Å². The Labute approximate surface area is 218 Å². The van der Waals surface area contributed by atoms with E-state index in [1.165, 1.54) is 6.08 Å². The van der Waals surface area contributed by atoms with Crippen LogP contribution in [-0.2, 0) is 18.4 Å². The topological polar surface area (TPSA) is 111 Å². The molecule has 1 heterocycles. The van der Waals surface area contributed by atoms with Gasteiger partial charge in [-0.2, -0.15) is 0 Å². The van der Waals surface area contributed by atoms with E-state index < -0.39 is 0 Å². The van der Waals surface area contributed by atoms with Crippen LogP contribution in [0.4, 0.5) is 0 Å². The van der Waals surface area contributed by atoms with Crippen LogP contribution in [0.3, 0.4) is 0 Å². The predicted octanol–water partition coefficient (Wildman–Crippen LogP) is 4.98. The summed E-state index contributed by atoms with van der Waals surface area (Å²) in [6.45, 7) is 9.99. The van der Waals surface area contributed by atoms with Crippen LogP contribution < -0.4 is 11.3 Å². The normalized spacial score (nSPS) is 16.0. The number of carbonyl (C=O) groups is 1. The number of fused-ring (bicyclic) bond motifs is 1. The molecule has 3 rings (SSSR count). The molecule has 7 nitrogen and oxygen atoms in total. The molecule has 1 aromatic carbocycles. The first kappa shape index (κ1) is 30.7. The fourth-order valence-corrected chi connectivity index (χ4v) is 3.66. The number of nitrogens with zero attached hydrogens (tertiary/aromatic N) is 3. The molecule has 1 aromatic heterocycles. The highest BCUT2D eigenvalue weighted by molar-refractivity contribution is 6.32. The predicted molar refractivity (Wildman–Crippen MR) is 151 cm³/mol. The number of aliphatic hydroxyl groups excluding tert-OH is 1. The quantitative estimate of drug-likeness (QED) is 0.186. The van der Waals surface area contributed by atoms with Gasteiger partial charge in [-0.05, 0) is 43.9 Å². The number of aryl methyl sites for hydroxylation is 1. The van der Waals surface area contributed by atoms with E-state index in [-0.39, 0.29) is 23.5 Å². The second-order valence-corrected chi connectivity index (χ2v) is 8.38. The maximum Gasteiger partial charge on any atom is 0.261 e. The molecule has 1 aliphatic rings. The van der Waals surface area contributed by atoms with Gasteiger partial charge >= 0.3 is 0 Å². The first-order valence-electron chi connectivity index (χ1n) is 11.9. The summed E-state index contributed by atoms with van der Waals surface area (Å²) in [6.07, 6.45) is 10.9. The molecule has 0 amide bonds. The Kier molecular flexibility index (Phi) is 12.8. The van der Waals surface area contributed by atoms with E-state index in [0.717, 1.165) is 30.2 Å². The third kappa shape index (κ3) is 7.60. The summed E-state index contributed by atoms with van der Waals surface area (Å²) >= 11 is 5.99. The molecule has 194 valence electrons. The molecule has 0 bridgehead atoms. The maximum atomic E-state index is 13.1. The van der Waals surface area contributed by atoms with Crippen LogP contribution in [0.15, 0.2) is 62.9 Å². The average molecular weight is 513 g/mol. The van der Waals surface area contributed by atoms with Gasteiger partial charge in [0.15, 0.2) is 6.29 Å². The zero-order valence-corrected chi connectivity index (χ0v) is 22.9. The third-order valence-corrected chi connectivity index (χ3v) is 5.71. The van der Waals surface area contributed by atoms with Gasteiger partial charge in [0.1, 0.15) is 11.7 Å². The summed E-state index contributed by atoms with van der Waals surface area (Å²) in [5.41, 5.74) is 9.30. The van der Waals surface area contributed by atoms with Crippen molar-refractivity contribution in [3.63, 3.8) is 0 Å². The number of hydrogen-bond donors (Lipinski definition) is 2. The van der Waals surface area contributed by atoms with Crippen LogP contribution >= 0.6 is 11.6 Å². The number of rotatable bonds is 6. The van der Waals surface area contributed by atoms with Crippen molar-refractivity contribution in [1.29, 1.82) is 0 Å². The van der Waals surface area contributed by atoms with Crippen LogP contribution in [0.1, 0.15) is 51.1 Å². The number of halogens is 1. The molecule has 0 saturated carbocycles. The molecule has 3 N–H and O–H groups in total. The smallest absolute Gasteiger partial charge is 0.261 e. The molecule has 8 heteroatoms. The highest BCUT2D eigenvalue weighted by Gasteiger charge is 2.16. The van der Waals surface area contributed by atoms with Gasteiger partial charge in [-0.3, -0.25) is 19.1 Å². The Morgan fingerprint density at radius 2 is 2.00 bits per heavy atom. The van der Waals surface area contributed by atoms with E-state index >= 15 is 0 Å². The Morgan fingerprint density at radius 1 is 1.33 bits per heavy atom. The zero-order chi connectivity index (χ0) is 27.4. The van der Waals surface area contributed by atoms with E-state index in [1.807, 2.05) is 39.0 Å². The Bertz CT molecular complexity index is 1280. The molecule has 0 aliphatic heterocycles. The SMILES string of the molecule is C/C=C(Cl)\C=C(\C=O)C(N)=NCc1cc(C)cc2c(=O)n(C)c(C3=CCC(C)C=C3)nc12.CC.CO. The number of aliphatic imine (C=N–C) groups is 1. The van der Waals surface area contributed by atoms with Crippen molar-refractivity contribution in [3.8, 4) is 0 Å². The van der Waals surface area contributed by atoms with Crippen LogP contribution in [0.2, 0.25) is 0 Å². The molecule has 1 atom stereocenters. The van der Waals surface area contributed by atoms with Crippen molar-refractivity contribution in [3.05, 3.63) is 80.4 Å². The van der Waals surface area contributed by atoms with Crippen LogP contribution in [0.25, 0.3) is 16.5 Å². The van der Waals surface area contributed by atoms with Gasteiger partial charge in [0.25, 0.3) is 5.56 Å². The second kappa shape index (κ2) is 15.0. The summed E-state index contributed by atoms with van der Waals surface area (Å²) in [5.74, 6) is 1.15. The van der Waals surface area contributed by atoms with Crippen molar-refractivity contribution >= 4 is 40.2 Å². The fourth-order valence-electron chi connectivity index (χ4n) is 3.54. The van der Waals surface area contributed by atoms with Crippen molar-refractivity contribution in [2.24, 2.45) is 23.7 Å². The van der Waals surface area contributed by atoms with E-state index in [0.29, 0.717) is 34.0 Å². The van der Waals surface area contributed by atoms with Gasteiger partial charge < -0.3 is 10.8 Å². The van der Waals surface area contributed by atoms with Gasteiger partial charge in [0.05, 0.1) is 23.0 Å². The molecule has 0 radical (unpaired) electrons. The molecule has 1 unspecified atom stereocenters. The highest BCUT2D eigenvalue weighted by atomic mass is 35.5. The lowest BCUT2D eigenvalue weighted by Crippen LogP contribution is -2.23. The van der Waals surface area contributed by atoms with Crippen molar-refractivity contribution in [1.82, 2.24) is 9.55 Å². The standard InChI is InChI=1S/C25H27ClN4O2.C2H6.CH4O/c1-5-20(26)12-19(14-31)23(27)28-13-18-10-16(3)11-21-22(18)29-24(30(4)25(21)32)17-8-6-15(2)7-9-17;2*1-2/h5-6,8-12,14-15H,7,13H2,1-4H3,(H2,27,28);1-2H3;2H,1H3/b19-12-,20-5+;;. The number of amidine groups is 1. The minimum absolute atomic E-state index is 0.0747. The Hall–Kier alpha value is -3.29. The number of aromatic nitrogens is 2. The Morgan fingerprint density at radius 3 is 2.56 bits per heavy atom. The van der Waals surface area contributed by atoms with Crippen molar-refractivity contribution in [2.45, 2.75) is 47.6 Å². The average Bonchev–Trinajstić information content (AvgIpc) is 2.90. The van der Waals surface area contributed by atoms with Gasteiger partial charge in [-0.15, -0.1) is 0 Å². The summed E-state index contributed by atoms with van der Waals surface area (Å²) in [7, 11) is 2.74. The lowest BCUT2D eigenvalue weighted by atomic mass is 9.98. The summed E-state index contributed by atoms with van der Waals surface area (Å²) in [5, 5.41) is 7.92. The number of aldehydes is 1. The van der Waals surface area contributed by atoms with Crippen molar-refractivity contribution in [2.75, 3.05) is 7.11 Å². The fraction of sp³-hybridized carbons (Fsp3) is 0.357. The lowest BCUT2D eigenvalue weighted by Gasteiger charge is -2.16. The Balaban J connectivity index is 0.00000154. The molecule has 0 spiro atoms. The molecule has 36 heavy (non-hydrogen) atoms. The van der Waals surface area contributed by atoms with E-state index in [4.69, 9.17) is 27.4 Å². The number of benzene rings is 1. The summed E-state index contributed by atoms with van der Waals surface area (Å²) in [4.78, 5) is 33.8. The monoisotopic (exact) mass is 512 g/mol. The summed E-state index contributed by atoms with van der Waals surface area (Å²) < 4.78 is 1.58. The molecule has 0 saturated heterocycles. The number of hydrogen-bond acceptors (Lipinski definition) is 5. The minimum Gasteiger partial charge on any atom is -0.400 e. The number of nitrogens with two attached hydrogens (primary N) is 1. The van der Waals surface area contributed by atoms with Gasteiger partial charge in [-0.1, -0.05) is 62.7 Å². The van der Waals surface area contributed by atoms with Crippen LogP contribution in [-0.4, -0.2) is 33.9 Å². The zero-order valence-electron chi connectivity index (χ0n) is 22.2.